The van der Waals surface area contributed by atoms with Gasteiger partial charge in [0.2, 0.25) is 0 Å². The molecule has 0 saturated carbocycles. The molecule has 1 heterocycles. The minimum atomic E-state index is 0.128. The molecule has 1 N–H and O–H groups in total. The van der Waals surface area contributed by atoms with Crippen LogP contribution in [0, 0.1) is 0 Å². The van der Waals surface area contributed by atoms with Crippen LogP contribution in [0.15, 0.2) is 42.7 Å². The summed E-state index contributed by atoms with van der Waals surface area (Å²) in [4.78, 5) is 4.11. The highest BCUT2D eigenvalue weighted by molar-refractivity contribution is 6.33. The second-order valence-electron chi connectivity index (χ2n) is 4.00. The maximum Gasteiger partial charge on any atom is 0.121 e. The highest BCUT2D eigenvalue weighted by atomic mass is 35.5. The molecule has 0 aliphatic heterocycles. The number of anilines is 1. The van der Waals surface area contributed by atoms with Gasteiger partial charge in [0.25, 0.3) is 0 Å². The summed E-state index contributed by atoms with van der Waals surface area (Å²) in [5.41, 5.74) is 1.96. The molecule has 2 aromatic rings. The van der Waals surface area contributed by atoms with Crippen LogP contribution >= 0.6 is 11.6 Å². The van der Waals surface area contributed by atoms with E-state index in [0.717, 1.165) is 17.0 Å². The average molecular weight is 263 g/mol. The summed E-state index contributed by atoms with van der Waals surface area (Å²) < 4.78 is 5.19. The standard InChI is InChI=1S/C14H15ClN2O/c1-10(11-4-3-7-16-9-11)17-14-8-12(18-2)5-6-13(14)15/h3-10,17H,1-2H3. The second-order valence-corrected chi connectivity index (χ2v) is 4.41. The molecule has 2 rings (SSSR count). The molecule has 1 unspecified atom stereocenters. The molecule has 0 spiro atoms. The SMILES string of the molecule is COc1ccc(Cl)c(NC(C)c2cccnc2)c1. The van der Waals surface area contributed by atoms with Crippen molar-refractivity contribution in [3.8, 4) is 5.75 Å². The number of aromatic nitrogens is 1. The highest BCUT2D eigenvalue weighted by Gasteiger charge is 2.08. The maximum atomic E-state index is 6.15. The molecule has 1 atom stereocenters. The third-order valence-corrected chi connectivity index (χ3v) is 3.06. The first kappa shape index (κ1) is 12.7. The van der Waals surface area contributed by atoms with Gasteiger partial charge in [0.05, 0.1) is 23.9 Å². The van der Waals surface area contributed by atoms with E-state index in [9.17, 15) is 0 Å². The molecule has 0 fully saturated rings. The van der Waals surface area contributed by atoms with Crippen LogP contribution in [0.1, 0.15) is 18.5 Å². The number of ether oxygens (including phenoxy) is 1. The van der Waals surface area contributed by atoms with E-state index in [-0.39, 0.29) is 6.04 Å². The molecular weight excluding hydrogens is 248 g/mol. The third kappa shape index (κ3) is 2.93. The van der Waals surface area contributed by atoms with Crippen LogP contribution in [-0.4, -0.2) is 12.1 Å². The predicted octanol–water partition coefficient (Wildman–Crippen LogP) is 3.92. The van der Waals surface area contributed by atoms with Gasteiger partial charge in [-0.05, 0) is 30.7 Å². The van der Waals surface area contributed by atoms with Crippen molar-refractivity contribution in [1.29, 1.82) is 0 Å². The molecule has 18 heavy (non-hydrogen) atoms. The molecule has 1 aromatic heterocycles. The molecule has 0 bridgehead atoms. The smallest absolute Gasteiger partial charge is 0.121 e. The summed E-state index contributed by atoms with van der Waals surface area (Å²) >= 11 is 6.15. The van der Waals surface area contributed by atoms with E-state index in [0.29, 0.717) is 5.02 Å². The number of hydrogen-bond donors (Lipinski definition) is 1. The molecule has 94 valence electrons. The van der Waals surface area contributed by atoms with E-state index >= 15 is 0 Å². The Hall–Kier alpha value is -1.74. The number of halogens is 1. The lowest BCUT2D eigenvalue weighted by Gasteiger charge is -2.17. The molecule has 1 aromatic carbocycles. The quantitative estimate of drug-likeness (QED) is 0.907. The topological polar surface area (TPSA) is 34.1 Å². The van der Waals surface area contributed by atoms with Gasteiger partial charge in [-0.25, -0.2) is 0 Å². The summed E-state index contributed by atoms with van der Waals surface area (Å²) in [5, 5.41) is 4.02. The van der Waals surface area contributed by atoms with Gasteiger partial charge in [-0.2, -0.15) is 0 Å². The fraction of sp³-hybridized carbons (Fsp3) is 0.214. The monoisotopic (exact) mass is 262 g/mol. The van der Waals surface area contributed by atoms with E-state index in [1.165, 1.54) is 0 Å². The fourth-order valence-corrected chi connectivity index (χ4v) is 1.86. The van der Waals surface area contributed by atoms with Crippen LogP contribution in [0.5, 0.6) is 5.75 Å². The number of pyridine rings is 1. The van der Waals surface area contributed by atoms with Gasteiger partial charge < -0.3 is 10.1 Å². The zero-order valence-corrected chi connectivity index (χ0v) is 11.1. The summed E-state index contributed by atoms with van der Waals surface area (Å²) in [6.45, 7) is 2.06. The van der Waals surface area contributed by atoms with Crippen LogP contribution in [0.4, 0.5) is 5.69 Å². The van der Waals surface area contributed by atoms with Crippen LogP contribution in [0.3, 0.4) is 0 Å². The molecular formula is C14H15ClN2O. The third-order valence-electron chi connectivity index (χ3n) is 2.73. The van der Waals surface area contributed by atoms with Crippen LogP contribution < -0.4 is 10.1 Å². The molecule has 0 aliphatic rings. The molecule has 0 radical (unpaired) electrons. The summed E-state index contributed by atoms with van der Waals surface area (Å²) in [7, 11) is 1.64. The summed E-state index contributed by atoms with van der Waals surface area (Å²) in [5.74, 6) is 0.778. The van der Waals surface area contributed by atoms with E-state index in [1.807, 2.05) is 36.5 Å². The van der Waals surface area contributed by atoms with Gasteiger partial charge in [0, 0.05) is 18.5 Å². The first-order valence-electron chi connectivity index (χ1n) is 5.70. The molecule has 4 heteroatoms. The normalized spacial score (nSPS) is 11.9. The largest absolute Gasteiger partial charge is 0.497 e. The number of rotatable bonds is 4. The Morgan fingerprint density at radius 2 is 2.17 bits per heavy atom. The molecule has 0 saturated heterocycles. The molecule has 3 nitrogen and oxygen atoms in total. The fourth-order valence-electron chi connectivity index (χ4n) is 1.69. The first-order chi connectivity index (χ1) is 8.70. The Morgan fingerprint density at radius 1 is 1.33 bits per heavy atom. The Morgan fingerprint density at radius 3 is 2.83 bits per heavy atom. The van der Waals surface area contributed by atoms with E-state index < -0.39 is 0 Å². The Bertz CT molecular complexity index is 516. The number of nitrogens with one attached hydrogen (secondary N) is 1. The lowest BCUT2D eigenvalue weighted by Crippen LogP contribution is -2.07. The number of hydrogen-bond acceptors (Lipinski definition) is 3. The Balaban J connectivity index is 2.18. The van der Waals surface area contributed by atoms with E-state index in [1.54, 1.807) is 13.3 Å². The van der Waals surface area contributed by atoms with Gasteiger partial charge in [-0.1, -0.05) is 17.7 Å². The predicted molar refractivity (Wildman–Crippen MR) is 74.3 cm³/mol. The van der Waals surface area contributed by atoms with Gasteiger partial charge >= 0.3 is 0 Å². The van der Waals surface area contributed by atoms with Gasteiger partial charge in [-0.15, -0.1) is 0 Å². The second kappa shape index (κ2) is 5.74. The van der Waals surface area contributed by atoms with Crippen molar-refractivity contribution in [2.45, 2.75) is 13.0 Å². The molecule has 0 amide bonds. The zero-order chi connectivity index (χ0) is 13.0. The summed E-state index contributed by atoms with van der Waals surface area (Å²) in [6, 6.07) is 9.61. The molecule has 0 aliphatic carbocycles. The van der Waals surface area contributed by atoms with Crippen molar-refractivity contribution in [1.82, 2.24) is 4.98 Å². The highest BCUT2D eigenvalue weighted by Crippen LogP contribution is 2.29. The van der Waals surface area contributed by atoms with Crippen molar-refractivity contribution in [3.05, 3.63) is 53.3 Å². The first-order valence-corrected chi connectivity index (χ1v) is 6.08. The van der Waals surface area contributed by atoms with Crippen molar-refractivity contribution in [3.63, 3.8) is 0 Å². The van der Waals surface area contributed by atoms with E-state index in [4.69, 9.17) is 16.3 Å². The Labute approximate surface area is 112 Å². The van der Waals surface area contributed by atoms with Gasteiger partial charge in [-0.3, -0.25) is 4.98 Å². The number of nitrogens with zero attached hydrogens (tertiary/aromatic N) is 1. The van der Waals surface area contributed by atoms with Crippen molar-refractivity contribution < 1.29 is 4.74 Å². The lowest BCUT2D eigenvalue weighted by atomic mass is 10.1. The summed E-state index contributed by atoms with van der Waals surface area (Å²) in [6.07, 6.45) is 3.60. The number of benzene rings is 1. The van der Waals surface area contributed by atoms with Crippen molar-refractivity contribution >= 4 is 17.3 Å². The number of methoxy groups -OCH3 is 1. The average Bonchev–Trinajstić information content (AvgIpc) is 2.42. The van der Waals surface area contributed by atoms with Crippen molar-refractivity contribution in [2.75, 3.05) is 12.4 Å². The van der Waals surface area contributed by atoms with Crippen LogP contribution in [0.2, 0.25) is 5.02 Å². The van der Waals surface area contributed by atoms with E-state index in [2.05, 4.69) is 17.2 Å². The Kier molecular flexibility index (Phi) is 4.05. The lowest BCUT2D eigenvalue weighted by molar-refractivity contribution is 0.415. The maximum absolute atomic E-state index is 6.15. The van der Waals surface area contributed by atoms with Gasteiger partial charge in [0.15, 0.2) is 0 Å². The van der Waals surface area contributed by atoms with Crippen LogP contribution in [-0.2, 0) is 0 Å². The minimum Gasteiger partial charge on any atom is -0.497 e. The minimum absolute atomic E-state index is 0.128. The van der Waals surface area contributed by atoms with Crippen LogP contribution in [0.25, 0.3) is 0 Å². The zero-order valence-electron chi connectivity index (χ0n) is 10.4. The van der Waals surface area contributed by atoms with Gasteiger partial charge in [0.1, 0.15) is 5.75 Å². The van der Waals surface area contributed by atoms with Crippen molar-refractivity contribution in [2.24, 2.45) is 0 Å².